The van der Waals surface area contributed by atoms with Gasteiger partial charge in [0.2, 0.25) is 0 Å². The van der Waals surface area contributed by atoms with E-state index in [1.54, 1.807) is 38.5 Å². The van der Waals surface area contributed by atoms with Gasteiger partial charge in [-0.05, 0) is 33.1 Å². The van der Waals surface area contributed by atoms with Crippen LogP contribution in [-0.4, -0.2) is 30.2 Å². The summed E-state index contributed by atoms with van der Waals surface area (Å²) in [4.78, 5) is 33.8. The molecule has 0 spiro atoms. The van der Waals surface area contributed by atoms with Crippen LogP contribution in [-0.2, 0) is 12.1 Å². The summed E-state index contributed by atoms with van der Waals surface area (Å²) in [5.74, 6) is 0. The van der Waals surface area contributed by atoms with Gasteiger partial charge in [0.05, 0.1) is 12.2 Å². The molecule has 0 aliphatic rings. The largest absolute Gasteiger partial charge is 0.308 e. The molecular weight excluding hydrogens is 350 g/mol. The summed E-state index contributed by atoms with van der Waals surface area (Å²) in [5, 5.41) is 1.00. The topological polar surface area (TPSA) is 74.7 Å². The Bertz CT molecular complexity index is 1100. The Morgan fingerprint density at radius 3 is 2.62 bits per heavy atom. The van der Waals surface area contributed by atoms with Crippen LogP contribution in [0.15, 0.2) is 51.9 Å². The van der Waals surface area contributed by atoms with Crippen LogP contribution < -0.4 is 11.1 Å². The number of thioether (sulfide) groups is 1. The minimum Gasteiger partial charge on any atom is -0.308 e. The number of rotatable bonds is 4. The van der Waals surface area contributed by atoms with Gasteiger partial charge in [0.25, 0.3) is 11.1 Å². The minimum atomic E-state index is -0.390. The van der Waals surface area contributed by atoms with Crippen LogP contribution in [0.1, 0.15) is 20.8 Å². The predicted octanol–water partition coefficient (Wildman–Crippen LogP) is 2.41. The lowest BCUT2D eigenvalue weighted by Crippen LogP contribution is -2.33. The zero-order chi connectivity index (χ0) is 19.1. The summed E-state index contributed by atoms with van der Waals surface area (Å²) in [5.41, 5.74) is 0.504. The zero-order valence-corrected chi connectivity index (χ0v) is 16.1. The molecule has 0 saturated heterocycles. The fraction of sp³-hybridized carbons (Fsp3) is 0.333. The fourth-order valence-electron chi connectivity index (χ4n) is 2.79. The van der Waals surface area contributed by atoms with Crippen LogP contribution in [0.2, 0.25) is 0 Å². The zero-order valence-electron chi connectivity index (χ0n) is 15.3. The lowest BCUT2D eigenvalue weighted by Gasteiger charge is -2.23. The van der Waals surface area contributed by atoms with Crippen molar-refractivity contribution < 1.29 is 0 Å². The van der Waals surface area contributed by atoms with Gasteiger partial charge in [0.1, 0.15) is 5.39 Å². The van der Waals surface area contributed by atoms with Crippen LogP contribution in [0.5, 0.6) is 0 Å². The summed E-state index contributed by atoms with van der Waals surface area (Å²) in [7, 11) is 0. The molecule has 3 heterocycles. The van der Waals surface area contributed by atoms with Crippen LogP contribution >= 0.6 is 11.8 Å². The van der Waals surface area contributed by atoms with Crippen LogP contribution in [0.3, 0.4) is 0 Å². The maximum absolute atomic E-state index is 12.8. The molecule has 8 heteroatoms. The second-order valence-electron chi connectivity index (χ2n) is 6.85. The molecule has 0 unspecified atom stereocenters. The molecule has 0 aromatic carbocycles. The highest BCUT2D eigenvalue weighted by Crippen LogP contribution is 2.19. The maximum atomic E-state index is 12.8. The number of hydrogen-bond donors (Lipinski definition) is 0. The molecular formula is C18H21N5O2S. The van der Waals surface area contributed by atoms with Crippen molar-refractivity contribution in [3.8, 4) is 5.69 Å². The first kappa shape index (κ1) is 18.2. The van der Waals surface area contributed by atoms with Gasteiger partial charge < -0.3 is 4.57 Å². The molecule has 0 aliphatic heterocycles. The number of allylic oxidation sites excluding steroid dienone is 1. The Labute approximate surface area is 155 Å². The minimum absolute atomic E-state index is 0.102. The van der Waals surface area contributed by atoms with Gasteiger partial charge >= 0.3 is 0 Å². The lowest BCUT2D eigenvalue weighted by molar-refractivity contribution is 0.382. The number of pyridine rings is 1. The van der Waals surface area contributed by atoms with E-state index in [9.17, 15) is 9.59 Å². The highest BCUT2D eigenvalue weighted by Gasteiger charge is 2.19. The van der Waals surface area contributed by atoms with Gasteiger partial charge in [0, 0.05) is 24.0 Å². The van der Waals surface area contributed by atoms with Gasteiger partial charge in [-0.15, -0.1) is 6.58 Å². The highest BCUT2D eigenvalue weighted by molar-refractivity contribution is 7.98. The summed E-state index contributed by atoms with van der Waals surface area (Å²) in [6, 6.07) is 3.20. The second-order valence-corrected chi connectivity index (χ2v) is 7.62. The molecule has 26 heavy (non-hydrogen) atoms. The molecule has 0 N–H and O–H groups in total. The molecule has 0 bridgehead atoms. The molecule has 7 nitrogen and oxygen atoms in total. The molecule has 136 valence electrons. The van der Waals surface area contributed by atoms with Crippen molar-refractivity contribution >= 4 is 22.8 Å². The first-order valence-corrected chi connectivity index (χ1v) is 9.37. The third-order valence-corrected chi connectivity index (χ3v) is 4.56. The molecule has 0 atom stereocenters. The number of nitrogens with zero attached hydrogens (tertiary/aromatic N) is 5. The van der Waals surface area contributed by atoms with Gasteiger partial charge in [-0.3, -0.25) is 9.59 Å². The average molecular weight is 371 g/mol. The predicted molar refractivity (Wildman–Crippen MR) is 104 cm³/mol. The Kier molecular flexibility index (Phi) is 4.62. The Hall–Kier alpha value is -2.61. The van der Waals surface area contributed by atoms with E-state index in [4.69, 9.17) is 0 Å². The van der Waals surface area contributed by atoms with Crippen molar-refractivity contribution in [3.63, 3.8) is 0 Å². The van der Waals surface area contributed by atoms with Gasteiger partial charge in [-0.2, -0.15) is 0 Å². The normalized spacial score (nSPS) is 11.8. The summed E-state index contributed by atoms with van der Waals surface area (Å²) >= 11 is 1.40. The summed E-state index contributed by atoms with van der Waals surface area (Å²) in [6.45, 7) is 9.92. The monoisotopic (exact) mass is 371 g/mol. The second kappa shape index (κ2) is 6.60. The van der Waals surface area contributed by atoms with Crippen molar-refractivity contribution in [2.24, 2.45) is 0 Å². The van der Waals surface area contributed by atoms with E-state index < -0.39 is 0 Å². The van der Waals surface area contributed by atoms with E-state index in [1.807, 2.05) is 27.0 Å². The van der Waals surface area contributed by atoms with Crippen molar-refractivity contribution in [2.45, 2.75) is 38.0 Å². The van der Waals surface area contributed by atoms with E-state index in [2.05, 4.69) is 16.5 Å². The van der Waals surface area contributed by atoms with Crippen LogP contribution in [0.25, 0.3) is 16.7 Å². The van der Waals surface area contributed by atoms with Crippen molar-refractivity contribution in [1.82, 2.24) is 23.9 Å². The quantitative estimate of drug-likeness (QED) is 0.400. The molecule has 0 aliphatic carbocycles. The van der Waals surface area contributed by atoms with E-state index >= 15 is 0 Å². The summed E-state index contributed by atoms with van der Waals surface area (Å²) in [6.07, 6.45) is 6.83. The van der Waals surface area contributed by atoms with Crippen LogP contribution in [0, 0.1) is 0 Å². The first-order valence-electron chi connectivity index (χ1n) is 8.15. The standard InChI is InChI=1S/C18H21N5O2S/c1-6-9-22-16(25)13-10-19-17(26-5)20-15(13)23(22)12-7-8-14(24)21(11-12)18(2,3)4/h6-8,10-11H,1,9H2,2-5H3. The van der Waals surface area contributed by atoms with Crippen molar-refractivity contribution in [2.75, 3.05) is 6.26 Å². The molecule has 0 saturated carbocycles. The average Bonchev–Trinajstić information content (AvgIpc) is 2.86. The fourth-order valence-corrected chi connectivity index (χ4v) is 3.12. The lowest BCUT2D eigenvalue weighted by atomic mass is 10.1. The van der Waals surface area contributed by atoms with Gasteiger partial charge in [-0.25, -0.2) is 19.3 Å². The Morgan fingerprint density at radius 2 is 2.00 bits per heavy atom. The molecule has 3 aromatic rings. The molecule has 3 rings (SSSR count). The SMILES string of the molecule is C=CCn1c(=O)c2cnc(SC)nc2n1-c1ccc(=O)n(C(C)(C)C)c1. The van der Waals surface area contributed by atoms with Crippen molar-refractivity contribution in [3.05, 3.63) is 57.9 Å². The maximum Gasteiger partial charge on any atom is 0.278 e. The molecule has 0 amide bonds. The first-order chi connectivity index (χ1) is 12.3. The smallest absolute Gasteiger partial charge is 0.278 e. The van der Waals surface area contributed by atoms with Crippen LogP contribution in [0.4, 0.5) is 0 Å². The molecule has 3 aromatic heterocycles. The van der Waals surface area contributed by atoms with Crippen molar-refractivity contribution in [1.29, 1.82) is 0 Å². The van der Waals surface area contributed by atoms with E-state index in [0.717, 1.165) is 0 Å². The summed E-state index contributed by atoms with van der Waals surface area (Å²) < 4.78 is 4.92. The highest BCUT2D eigenvalue weighted by atomic mass is 32.2. The third-order valence-electron chi connectivity index (χ3n) is 4.00. The van der Waals surface area contributed by atoms with Gasteiger partial charge in [0.15, 0.2) is 10.8 Å². The molecule has 0 radical (unpaired) electrons. The Balaban J connectivity index is 2.40. The van der Waals surface area contributed by atoms with E-state index in [0.29, 0.717) is 28.4 Å². The number of fused-ring (bicyclic) bond motifs is 1. The number of hydrogen-bond acceptors (Lipinski definition) is 5. The Morgan fingerprint density at radius 1 is 1.27 bits per heavy atom. The molecule has 0 fully saturated rings. The van der Waals surface area contributed by atoms with Gasteiger partial charge in [-0.1, -0.05) is 17.8 Å². The van der Waals surface area contributed by atoms with E-state index in [1.165, 1.54) is 17.8 Å². The number of aromatic nitrogens is 5. The van der Waals surface area contributed by atoms with E-state index in [-0.39, 0.29) is 16.7 Å². The third kappa shape index (κ3) is 3.01.